The summed E-state index contributed by atoms with van der Waals surface area (Å²) in [4.78, 5) is 2.27. The second-order valence-corrected chi connectivity index (χ2v) is 4.03. The Morgan fingerprint density at radius 1 is 1.38 bits per heavy atom. The first kappa shape index (κ1) is 10.9. The predicted octanol–water partition coefficient (Wildman–Crippen LogP) is 2.45. The molecule has 1 N–H and O–H groups in total. The van der Waals surface area contributed by atoms with Crippen molar-refractivity contribution in [2.75, 3.05) is 13.6 Å². The Labute approximate surface area is 95.7 Å². The number of likely N-dealkylation sites (N-methyl/N-ethyl adjacent to an activating group) is 1. The zero-order valence-electron chi connectivity index (χ0n) is 9.37. The summed E-state index contributed by atoms with van der Waals surface area (Å²) in [6, 6.07) is 10.5. The molecular weight excluding hydrogens is 200 g/mol. The molecule has 2 rings (SSSR count). The van der Waals surface area contributed by atoms with Crippen molar-refractivity contribution in [2.24, 2.45) is 5.16 Å². The van der Waals surface area contributed by atoms with Crippen LogP contribution in [0.15, 0.2) is 47.1 Å². The summed E-state index contributed by atoms with van der Waals surface area (Å²) < 4.78 is 0. The number of hydrogen-bond acceptors (Lipinski definition) is 3. The molecule has 0 fully saturated rings. The minimum Gasteiger partial charge on any atom is -0.411 e. The Kier molecular flexibility index (Phi) is 3.37. The highest BCUT2D eigenvalue weighted by Gasteiger charge is 2.22. The van der Waals surface area contributed by atoms with E-state index in [1.807, 2.05) is 18.2 Å². The average Bonchev–Trinajstić information content (AvgIpc) is 2.31. The molecule has 1 unspecified atom stereocenters. The van der Waals surface area contributed by atoms with Crippen molar-refractivity contribution in [1.29, 1.82) is 0 Å². The minimum atomic E-state index is 0.200. The summed E-state index contributed by atoms with van der Waals surface area (Å²) in [5.41, 5.74) is 2.29. The highest BCUT2D eigenvalue weighted by molar-refractivity contribution is 5.80. The minimum absolute atomic E-state index is 0.200. The van der Waals surface area contributed by atoms with Crippen molar-refractivity contribution in [3.63, 3.8) is 0 Å². The van der Waals surface area contributed by atoms with Gasteiger partial charge in [-0.15, -0.1) is 0 Å². The summed E-state index contributed by atoms with van der Waals surface area (Å²) in [5, 5.41) is 11.8. The summed E-state index contributed by atoms with van der Waals surface area (Å²) in [6.45, 7) is 1.03. The van der Waals surface area contributed by atoms with Crippen LogP contribution in [0.1, 0.15) is 18.0 Å². The van der Waals surface area contributed by atoms with Crippen LogP contribution in [0.3, 0.4) is 0 Å². The van der Waals surface area contributed by atoms with Crippen molar-refractivity contribution in [2.45, 2.75) is 12.5 Å². The van der Waals surface area contributed by atoms with Gasteiger partial charge in [0.1, 0.15) is 0 Å². The van der Waals surface area contributed by atoms with E-state index >= 15 is 0 Å². The molecule has 1 atom stereocenters. The van der Waals surface area contributed by atoms with Gasteiger partial charge in [0, 0.05) is 6.54 Å². The third-order valence-electron chi connectivity index (χ3n) is 2.94. The Morgan fingerprint density at radius 3 is 2.81 bits per heavy atom. The third-order valence-corrected chi connectivity index (χ3v) is 2.94. The fourth-order valence-corrected chi connectivity index (χ4v) is 2.20. The van der Waals surface area contributed by atoms with E-state index in [0.29, 0.717) is 0 Å². The normalized spacial score (nSPS) is 22.3. The van der Waals surface area contributed by atoms with E-state index in [4.69, 9.17) is 5.21 Å². The maximum Gasteiger partial charge on any atom is 0.0709 e. The predicted molar refractivity (Wildman–Crippen MR) is 64.8 cm³/mol. The quantitative estimate of drug-likeness (QED) is 0.468. The van der Waals surface area contributed by atoms with Gasteiger partial charge in [-0.25, -0.2) is 0 Å². The molecule has 0 amide bonds. The molecule has 1 aliphatic rings. The van der Waals surface area contributed by atoms with Gasteiger partial charge in [-0.3, -0.25) is 4.90 Å². The third kappa shape index (κ3) is 2.14. The Hall–Kier alpha value is -1.61. The molecule has 1 aromatic rings. The van der Waals surface area contributed by atoms with Crippen molar-refractivity contribution in [1.82, 2.24) is 4.90 Å². The average molecular weight is 216 g/mol. The van der Waals surface area contributed by atoms with Crippen molar-refractivity contribution < 1.29 is 5.21 Å². The standard InChI is InChI=1S/C13H16N2O/c1-15-9-5-8-12(10-14-16)13(15)11-6-3-2-4-7-11/h2-4,6-8,10,13,16H,5,9H2,1H3. The van der Waals surface area contributed by atoms with Crippen LogP contribution in [-0.2, 0) is 0 Å². The zero-order chi connectivity index (χ0) is 11.4. The SMILES string of the molecule is CN1CCC=C(C=NO)C1c1ccccc1. The van der Waals surface area contributed by atoms with Crippen LogP contribution in [0.2, 0.25) is 0 Å². The fourth-order valence-electron chi connectivity index (χ4n) is 2.20. The molecule has 1 aliphatic heterocycles. The summed E-state index contributed by atoms with van der Waals surface area (Å²) in [7, 11) is 2.09. The highest BCUT2D eigenvalue weighted by atomic mass is 16.4. The Morgan fingerprint density at radius 2 is 2.12 bits per heavy atom. The largest absolute Gasteiger partial charge is 0.411 e. The molecule has 0 bridgehead atoms. The van der Waals surface area contributed by atoms with Gasteiger partial charge in [0.2, 0.25) is 0 Å². The van der Waals surface area contributed by atoms with Crippen LogP contribution < -0.4 is 0 Å². The Bertz CT molecular complexity index is 398. The molecule has 3 nitrogen and oxygen atoms in total. The maximum atomic E-state index is 8.68. The van der Waals surface area contributed by atoms with Gasteiger partial charge >= 0.3 is 0 Å². The van der Waals surface area contributed by atoms with E-state index in [2.05, 4.69) is 35.3 Å². The highest BCUT2D eigenvalue weighted by Crippen LogP contribution is 2.29. The van der Waals surface area contributed by atoms with Gasteiger partial charge in [0.05, 0.1) is 12.3 Å². The van der Waals surface area contributed by atoms with Gasteiger partial charge < -0.3 is 5.21 Å². The molecule has 84 valence electrons. The van der Waals surface area contributed by atoms with E-state index in [9.17, 15) is 0 Å². The van der Waals surface area contributed by atoms with Crippen molar-refractivity contribution >= 4 is 6.21 Å². The molecule has 0 spiro atoms. The van der Waals surface area contributed by atoms with E-state index in [-0.39, 0.29) is 6.04 Å². The topological polar surface area (TPSA) is 35.8 Å². The molecule has 0 aromatic heterocycles. The fraction of sp³-hybridized carbons (Fsp3) is 0.308. The Balaban J connectivity index is 2.35. The van der Waals surface area contributed by atoms with Crippen LogP contribution in [0.5, 0.6) is 0 Å². The lowest BCUT2D eigenvalue weighted by Gasteiger charge is -2.32. The van der Waals surface area contributed by atoms with Crippen LogP contribution in [0, 0.1) is 0 Å². The zero-order valence-corrected chi connectivity index (χ0v) is 9.37. The summed E-state index contributed by atoms with van der Waals surface area (Å²) in [6.07, 6.45) is 4.67. The number of rotatable bonds is 2. The lowest BCUT2D eigenvalue weighted by Crippen LogP contribution is -2.30. The van der Waals surface area contributed by atoms with Crippen LogP contribution in [-0.4, -0.2) is 29.9 Å². The first-order valence-electron chi connectivity index (χ1n) is 5.45. The van der Waals surface area contributed by atoms with Crippen molar-refractivity contribution in [3.8, 4) is 0 Å². The van der Waals surface area contributed by atoms with E-state index in [0.717, 1.165) is 18.5 Å². The molecule has 0 radical (unpaired) electrons. The number of benzene rings is 1. The molecule has 1 aromatic carbocycles. The summed E-state index contributed by atoms with van der Waals surface area (Å²) in [5.74, 6) is 0. The van der Waals surface area contributed by atoms with Gasteiger partial charge in [-0.05, 0) is 24.6 Å². The number of hydrogen-bond donors (Lipinski definition) is 1. The van der Waals surface area contributed by atoms with Gasteiger partial charge in [0.25, 0.3) is 0 Å². The molecule has 0 aliphatic carbocycles. The van der Waals surface area contributed by atoms with Crippen LogP contribution in [0.25, 0.3) is 0 Å². The molecule has 16 heavy (non-hydrogen) atoms. The lowest BCUT2D eigenvalue weighted by atomic mass is 9.94. The first-order valence-corrected chi connectivity index (χ1v) is 5.45. The molecule has 0 saturated carbocycles. The molecule has 0 saturated heterocycles. The lowest BCUT2D eigenvalue weighted by molar-refractivity contribution is 0.271. The van der Waals surface area contributed by atoms with Crippen molar-refractivity contribution in [3.05, 3.63) is 47.5 Å². The molecule has 1 heterocycles. The van der Waals surface area contributed by atoms with Gasteiger partial charge in [-0.1, -0.05) is 41.6 Å². The second kappa shape index (κ2) is 4.94. The van der Waals surface area contributed by atoms with Gasteiger partial charge in [0.15, 0.2) is 0 Å². The van der Waals surface area contributed by atoms with E-state index in [1.54, 1.807) is 0 Å². The van der Waals surface area contributed by atoms with E-state index < -0.39 is 0 Å². The number of oxime groups is 1. The maximum absolute atomic E-state index is 8.68. The molecular formula is C13H16N2O. The van der Waals surface area contributed by atoms with E-state index in [1.165, 1.54) is 11.8 Å². The second-order valence-electron chi connectivity index (χ2n) is 4.03. The molecule has 3 heteroatoms. The smallest absolute Gasteiger partial charge is 0.0709 e. The van der Waals surface area contributed by atoms with Crippen LogP contribution in [0.4, 0.5) is 0 Å². The summed E-state index contributed by atoms with van der Waals surface area (Å²) >= 11 is 0. The first-order chi connectivity index (χ1) is 7.83. The van der Waals surface area contributed by atoms with Gasteiger partial charge in [-0.2, -0.15) is 0 Å². The number of nitrogens with zero attached hydrogens (tertiary/aromatic N) is 2. The van der Waals surface area contributed by atoms with Crippen LogP contribution >= 0.6 is 0 Å². The monoisotopic (exact) mass is 216 g/mol.